The van der Waals surface area contributed by atoms with Gasteiger partial charge in [-0.25, -0.2) is 4.39 Å². The predicted molar refractivity (Wildman–Crippen MR) is 66.3 cm³/mol. The number of halogens is 1. The van der Waals surface area contributed by atoms with Crippen molar-refractivity contribution in [2.75, 3.05) is 13.1 Å². The van der Waals surface area contributed by atoms with E-state index in [2.05, 4.69) is 0 Å². The maximum atomic E-state index is 12.9. The van der Waals surface area contributed by atoms with Crippen LogP contribution in [-0.4, -0.2) is 40.1 Å². The average molecular weight is 269 g/mol. The number of benzene rings is 1. The summed E-state index contributed by atoms with van der Waals surface area (Å²) in [7, 11) is 0. The average Bonchev–Trinajstić information content (AvgIpc) is 2.30. The quantitative estimate of drug-likeness (QED) is 0.788. The van der Waals surface area contributed by atoms with Crippen molar-refractivity contribution in [1.29, 1.82) is 0 Å². The molecule has 0 aromatic heterocycles. The zero-order chi connectivity index (χ0) is 14.4. The Hall–Kier alpha value is -1.95. The number of carbonyl (C=O) groups is 2. The highest BCUT2D eigenvalue weighted by atomic mass is 19.1. The van der Waals surface area contributed by atoms with Gasteiger partial charge in [-0.05, 0) is 24.1 Å². The molecule has 0 fully saturated rings. The molecule has 0 aliphatic carbocycles. The van der Waals surface area contributed by atoms with Crippen LogP contribution in [0.5, 0.6) is 0 Å². The van der Waals surface area contributed by atoms with Crippen molar-refractivity contribution in [1.82, 2.24) is 4.90 Å². The molecule has 0 saturated heterocycles. The number of carboxylic acids is 2. The predicted octanol–water partition coefficient (Wildman–Crippen LogP) is 1.75. The van der Waals surface area contributed by atoms with E-state index >= 15 is 0 Å². The zero-order valence-corrected chi connectivity index (χ0v) is 10.5. The van der Waals surface area contributed by atoms with Crippen LogP contribution in [0.2, 0.25) is 0 Å². The molecule has 2 N–H and O–H groups in total. The SMILES string of the molecule is CCC(c1ccc(F)cc1)N(CC(=O)O)CC(=O)O. The fourth-order valence-electron chi connectivity index (χ4n) is 2.01. The second-order valence-corrected chi connectivity index (χ2v) is 4.17. The van der Waals surface area contributed by atoms with Crippen molar-refractivity contribution in [3.05, 3.63) is 35.6 Å². The molecule has 1 aromatic rings. The summed E-state index contributed by atoms with van der Waals surface area (Å²) in [4.78, 5) is 22.9. The Balaban J connectivity index is 2.97. The van der Waals surface area contributed by atoms with Gasteiger partial charge < -0.3 is 10.2 Å². The Morgan fingerprint density at radius 1 is 1.16 bits per heavy atom. The van der Waals surface area contributed by atoms with Crippen LogP contribution in [0, 0.1) is 5.82 Å². The van der Waals surface area contributed by atoms with Crippen LogP contribution in [0.15, 0.2) is 24.3 Å². The van der Waals surface area contributed by atoms with Gasteiger partial charge in [0.25, 0.3) is 0 Å². The van der Waals surface area contributed by atoms with Crippen LogP contribution < -0.4 is 0 Å². The second kappa shape index (κ2) is 6.84. The van der Waals surface area contributed by atoms with E-state index in [-0.39, 0.29) is 24.9 Å². The highest BCUT2D eigenvalue weighted by Gasteiger charge is 2.23. The van der Waals surface area contributed by atoms with Crippen LogP contribution in [0.25, 0.3) is 0 Å². The molecule has 19 heavy (non-hydrogen) atoms. The summed E-state index contributed by atoms with van der Waals surface area (Å²) in [5, 5.41) is 17.7. The molecule has 1 aromatic carbocycles. The topological polar surface area (TPSA) is 77.8 Å². The van der Waals surface area contributed by atoms with Gasteiger partial charge in [0.05, 0.1) is 13.1 Å². The first kappa shape index (κ1) is 15.1. The van der Waals surface area contributed by atoms with Gasteiger partial charge in [-0.15, -0.1) is 0 Å². The van der Waals surface area contributed by atoms with Gasteiger partial charge in [0.1, 0.15) is 5.82 Å². The molecule has 0 spiro atoms. The fraction of sp³-hybridized carbons (Fsp3) is 0.385. The number of hydrogen-bond acceptors (Lipinski definition) is 3. The van der Waals surface area contributed by atoms with Crippen LogP contribution in [0.3, 0.4) is 0 Å². The lowest BCUT2D eigenvalue weighted by molar-refractivity contribution is -0.143. The zero-order valence-electron chi connectivity index (χ0n) is 10.5. The van der Waals surface area contributed by atoms with Crippen molar-refractivity contribution in [3.63, 3.8) is 0 Å². The molecule has 0 aliphatic rings. The first-order valence-electron chi connectivity index (χ1n) is 5.87. The number of hydrogen-bond donors (Lipinski definition) is 2. The number of rotatable bonds is 7. The first-order chi connectivity index (χ1) is 8.93. The van der Waals surface area contributed by atoms with Crippen molar-refractivity contribution in [2.24, 2.45) is 0 Å². The molecule has 5 nitrogen and oxygen atoms in total. The van der Waals surface area contributed by atoms with Gasteiger partial charge in [0.2, 0.25) is 0 Å². The molecule has 0 bridgehead atoms. The molecule has 6 heteroatoms. The largest absolute Gasteiger partial charge is 0.480 e. The van der Waals surface area contributed by atoms with E-state index in [4.69, 9.17) is 10.2 Å². The summed E-state index contributed by atoms with van der Waals surface area (Å²) >= 11 is 0. The summed E-state index contributed by atoms with van der Waals surface area (Å²) in [5.74, 6) is -2.58. The molecule has 0 heterocycles. The number of nitrogens with zero attached hydrogens (tertiary/aromatic N) is 1. The highest BCUT2D eigenvalue weighted by molar-refractivity contribution is 5.72. The molecular formula is C13H16FNO4. The van der Waals surface area contributed by atoms with E-state index in [1.54, 1.807) is 12.1 Å². The van der Waals surface area contributed by atoms with E-state index in [0.29, 0.717) is 12.0 Å². The van der Waals surface area contributed by atoms with Crippen molar-refractivity contribution >= 4 is 11.9 Å². The van der Waals surface area contributed by atoms with Crippen LogP contribution >= 0.6 is 0 Å². The summed E-state index contributed by atoms with van der Waals surface area (Å²) in [6.45, 7) is 1.08. The Morgan fingerprint density at radius 3 is 2.00 bits per heavy atom. The van der Waals surface area contributed by atoms with Crippen molar-refractivity contribution in [2.45, 2.75) is 19.4 Å². The Labute approximate surface area is 110 Å². The molecule has 1 unspecified atom stereocenters. The summed E-state index contributed by atoms with van der Waals surface area (Å²) in [6.07, 6.45) is 0.534. The van der Waals surface area contributed by atoms with Crippen molar-refractivity contribution < 1.29 is 24.2 Å². The lowest BCUT2D eigenvalue weighted by Crippen LogP contribution is -2.37. The second-order valence-electron chi connectivity index (χ2n) is 4.17. The normalized spacial score (nSPS) is 12.4. The monoisotopic (exact) mass is 269 g/mol. The lowest BCUT2D eigenvalue weighted by atomic mass is 10.0. The first-order valence-corrected chi connectivity index (χ1v) is 5.87. The van der Waals surface area contributed by atoms with Gasteiger partial charge in [-0.2, -0.15) is 0 Å². The Bertz CT molecular complexity index is 430. The molecule has 104 valence electrons. The summed E-state index contributed by atoms with van der Waals surface area (Å²) < 4.78 is 12.9. The molecule has 1 atom stereocenters. The molecule has 0 aliphatic heterocycles. The Morgan fingerprint density at radius 2 is 1.63 bits per heavy atom. The van der Waals surface area contributed by atoms with E-state index in [9.17, 15) is 14.0 Å². The van der Waals surface area contributed by atoms with Gasteiger partial charge in [0.15, 0.2) is 0 Å². The third kappa shape index (κ3) is 4.67. The van der Waals surface area contributed by atoms with E-state index in [1.165, 1.54) is 17.0 Å². The fourth-order valence-corrected chi connectivity index (χ4v) is 2.01. The van der Waals surface area contributed by atoms with Gasteiger partial charge in [0, 0.05) is 6.04 Å². The highest BCUT2D eigenvalue weighted by Crippen LogP contribution is 2.24. The van der Waals surface area contributed by atoms with Gasteiger partial charge >= 0.3 is 11.9 Å². The van der Waals surface area contributed by atoms with E-state index in [0.717, 1.165) is 0 Å². The van der Waals surface area contributed by atoms with Crippen LogP contribution in [0.1, 0.15) is 24.9 Å². The van der Waals surface area contributed by atoms with Gasteiger partial charge in [-0.1, -0.05) is 19.1 Å². The number of aliphatic carboxylic acids is 2. The molecule has 0 amide bonds. The minimum atomic E-state index is -1.10. The van der Waals surface area contributed by atoms with Crippen molar-refractivity contribution in [3.8, 4) is 0 Å². The summed E-state index contributed by atoms with van der Waals surface area (Å²) in [5.41, 5.74) is 0.700. The lowest BCUT2D eigenvalue weighted by Gasteiger charge is -2.28. The third-order valence-corrected chi connectivity index (χ3v) is 2.76. The third-order valence-electron chi connectivity index (χ3n) is 2.76. The molecule has 1 rings (SSSR count). The minimum absolute atomic E-state index is 0.368. The van der Waals surface area contributed by atoms with E-state index < -0.39 is 11.9 Å². The standard InChI is InChI=1S/C13H16FNO4/c1-2-11(9-3-5-10(14)6-4-9)15(7-12(16)17)8-13(18)19/h3-6,11H,2,7-8H2,1H3,(H,16,17)(H,18,19). The minimum Gasteiger partial charge on any atom is -0.480 e. The Kier molecular flexibility index (Phi) is 5.44. The summed E-state index contributed by atoms with van der Waals surface area (Å²) in [6, 6.07) is 5.27. The maximum absolute atomic E-state index is 12.9. The van der Waals surface area contributed by atoms with E-state index in [1.807, 2.05) is 6.92 Å². The van der Waals surface area contributed by atoms with Crippen LogP contribution in [0.4, 0.5) is 4.39 Å². The molecular weight excluding hydrogens is 253 g/mol. The van der Waals surface area contributed by atoms with Crippen LogP contribution in [-0.2, 0) is 9.59 Å². The molecule has 0 radical (unpaired) electrons. The molecule has 0 saturated carbocycles. The van der Waals surface area contributed by atoms with Gasteiger partial charge in [-0.3, -0.25) is 14.5 Å². The number of carboxylic acid groups (broad SMARTS) is 2. The smallest absolute Gasteiger partial charge is 0.317 e. The maximum Gasteiger partial charge on any atom is 0.317 e.